The molecule has 0 heterocycles. The molecule has 0 aliphatic rings. The molecule has 0 saturated heterocycles. The Morgan fingerprint density at radius 1 is 0.257 bits per heavy atom. The van der Waals surface area contributed by atoms with Crippen LogP contribution in [0.25, 0.3) is 0 Å². The van der Waals surface area contributed by atoms with Crippen molar-refractivity contribution in [2.45, 2.75) is 393 Å². The molecular weight excluding hydrogens is 913 g/mol. The first kappa shape index (κ1) is 72.2. The molecule has 1 unspecified atom stereocenters. The van der Waals surface area contributed by atoms with Gasteiger partial charge in [-0.3, -0.25) is 14.4 Å². The number of carbonyl (C=O) groups excluding carboxylic acids is 3. The largest absolute Gasteiger partial charge is 0.462 e. The predicted octanol–water partition coefficient (Wildman–Crippen LogP) is 22.8. The standard InChI is InChI=1S/C68H130O6/c1-4-7-10-13-16-19-21-23-25-27-29-31-32-33-34-35-36-38-39-41-43-45-47-49-52-55-58-61-67(70)73-64-65(63-72-66(69)60-57-54-51-18-15-12-9-6-3)74-68(71)62-59-56-53-50-48-46-44-42-40-37-30-28-26-24-22-20-17-14-11-8-5-2/h28,30,65H,4-27,29,31-64H2,1-3H3/b30-28-. The van der Waals surface area contributed by atoms with Gasteiger partial charge >= 0.3 is 17.9 Å². The van der Waals surface area contributed by atoms with E-state index in [9.17, 15) is 14.4 Å². The van der Waals surface area contributed by atoms with Crippen LogP contribution in [0.2, 0.25) is 0 Å². The number of ether oxygens (including phenoxy) is 3. The maximum absolute atomic E-state index is 12.9. The molecule has 0 saturated carbocycles. The van der Waals surface area contributed by atoms with Crippen molar-refractivity contribution >= 4 is 17.9 Å². The first-order valence-electron chi connectivity index (χ1n) is 33.7. The second-order valence-corrected chi connectivity index (χ2v) is 23.1. The average Bonchev–Trinajstić information content (AvgIpc) is 3.40. The number of hydrogen-bond acceptors (Lipinski definition) is 6. The molecule has 0 radical (unpaired) electrons. The van der Waals surface area contributed by atoms with Crippen molar-refractivity contribution in [3.63, 3.8) is 0 Å². The molecule has 0 aromatic carbocycles. The molecule has 0 bridgehead atoms. The van der Waals surface area contributed by atoms with Crippen LogP contribution in [0.1, 0.15) is 387 Å². The fourth-order valence-electron chi connectivity index (χ4n) is 10.4. The van der Waals surface area contributed by atoms with E-state index in [0.717, 1.165) is 57.8 Å². The highest BCUT2D eigenvalue weighted by Crippen LogP contribution is 2.19. The summed E-state index contributed by atoms with van der Waals surface area (Å²) in [5.74, 6) is -0.843. The van der Waals surface area contributed by atoms with Crippen LogP contribution in [0, 0.1) is 0 Å². The van der Waals surface area contributed by atoms with Crippen molar-refractivity contribution in [2.24, 2.45) is 0 Å². The van der Waals surface area contributed by atoms with Crippen LogP contribution in [0.3, 0.4) is 0 Å². The predicted molar refractivity (Wildman–Crippen MR) is 321 cm³/mol. The van der Waals surface area contributed by atoms with Gasteiger partial charge in [-0.1, -0.05) is 335 Å². The zero-order valence-corrected chi connectivity index (χ0v) is 50.4. The number of rotatable bonds is 63. The number of allylic oxidation sites excluding steroid dienone is 2. The molecule has 0 N–H and O–H groups in total. The van der Waals surface area contributed by atoms with Gasteiger partial charge in [-0.15, -0.1) is 0 Å². The fourth-order valence-corrected chi connectivity index (χ4v) is 10.4. The van der Waals surface area contributed by atoms with Gasteiger partial charge in [0.15, 0.2) is 6.10 Å². The lowest BCUT2D eigenvalue weighted by molar-refractivity contribution is -0.167. The molecule has 438 valence electrons. The van der Waals surface area contributed by atoms with Crippen molar-refractivity contribution in [3.8, 4) is 0 Å². The van der Waals surface area contributed by atoms with Gasteiger partial charge in [0, 0.05) is 19.3 Å². The van der Waals surface area contributed by atoms with Crippen molar-refractivity contribution in [1.82, 2.24) is 0 Å². The lowest BCUT2D eigenvalue weighted by Crippen LogP contribution is -2.30. The molecule has 0 aliphatic carbocycles. The van der Waals surface area contributed by atoms with Gasteiger partial charge in [0.25, 0.3) is 0 Å². The van der Waals surface area contributed by atoms with Crippen LogP contribution in [0.4, 0.5) is 0 Å². The highest BCUT2D eigenvalue weighted by atomic mass is 16.6. The van der Waals surface area contributed by atoms with Crippen LogP contribution < -0.4 is 0 Å². The quantitative estimate of drug-likeness (QED) is 0.0261. The Balaban J connectivity index is 4.06. The number of esters is 3. The summed E-state index contributed by atoms with van der Waals surface area (Å²) in [6.07, 6.45) is 75.4. The number of unbranched alkanes of at least 4 members (excludes halogenated alkanes) is 50. The fraction of sp³-hybridized carbons (Fsp3) is 0.926. The summed E-state index contributed by atoms with van der Waals surface area (Å²) in [4.78, 5) is 38.2. The van der Waals surface area contributed by atoms with E-state index in [1.807, 2.05) is 0 Å². The summed E-state index contributed by atoms with van der Waals surface area (Å²) in [5.41, 5.74) is 0. The van der Waals surface area contributed by atoms with E-state index in [-0.39, 0.29) is 31.1 Å². The third-order valence-corrected chi connectivity index (χ3v) is 15.5. The molecule has 0 spiro atoms. The van der Waals surface area contributed by atoms with Crippen molar-refractivity contribution < 1.29 is 28.6 Å². The van der Waals surface area contributed by atoms with Crippen molar-refractivity contribution in [1.29, 1.82) is 0 Å². The SMILES string of the molecule is CCCCCCCCCC/C=C\CCCCCCCCCCCC(=O)OC(COC(=O)CCCCCCCCCC)COC(=O)CCCCCCCCCCCCCCCCCCCCCCCCCCCCC. The molecular formula is C68H130O6. The van der Waals surface area contributed by atoms with Gasteiger partial charge in [0.2, 0.25) is 0 Å². The molecule has 6 heteroatoms. The van der Waals surface area contributed by atoms with Crippen LogP contribution >= 0.6 is 0 Å². The van der Waals surface area contributed by atoms with Crippen molar-refractivity contribution in [3.05, 3.63) is 12.2 Å². The average molecular weight is 1040 g/mol. The molecule has 6 nitrogen and oxygen atoms in total. The second-order valence-electron chi connectivity index (χ2n) is 23.1. The smallest absolute Gasteiger partial charge is 0.306 e. The first-order chi connectivity index (χ1) is 36.5. The van der Waals surface area contributed by atoms with E-state index in [4.69, 9.17) is 14.2 Å². The van der Waals surface area contributed by atoms with Gasteiger partial charge in [0.05, 0.1) is 0 Å². The van der Waals surface area contributed by atoms with Gasteiger partial charge in [-0.2, -0.15) is 0 Å². The van der Waals surface area contributed by atoms with Gasteiger partial charge < -0.3 is 14.2 Å². The summed E-state index contributed by atoms with van der Waals surface area (Å²) in [6.45, 7) is 6.68. The van der Waals surface area contributed by atoms with E-state index in [1.165, 1.54) is 289 Å². The maximum Gasteiger partial charge on any atom is 0.306 e. The topological polar surface area (TPSA) is 78.9 Å². The normalized spacial score (nSPS) is 12.0. The van der Waals surface area contributed by atoms with Gasteiger partial charge in [-0.25, -0.2) is 0 Å². The van der Waals surface area contributed by atoms with Crippen LogP contribution in [-0.2, 0) is 28.6 Å². The summed E-state index contributed by atoms with van der Waals surface area (Å²) in [5, 5.41) is 0. The third kappa shape index (κ3) is 61.0. The monoisotopic (exact) mass is 1040 g/mol. The second kappa shape index (κ2) is 63.7. The van der Waals surface area contributed by atoms with Crippen LogP contribution in [0.5, 0.6) is 0 Å². The highest BCUT2D eigenvalue weighted by Gasteiger charge is 2.19. The maximum atomic E-state index is 12.9. The van der Waals surface area contributed by atoms with Gasteiger partial charge in [0.1, 0.15) is 13.2 Å². The summed E-state index contributed by atoms with van der Waals surface area (Å²) >= 11 is 0. The molecule has 0 aliphatic heterocycles. The molecule has 0 aromatic heterocycles. The van der Waals surface area contributed by atoms with E-state index in [0.29, 0.717) is 19.3 Å². The highest BCUT2D eigenvalue weighted by molar-refractivity contribution is 5.71. The lowest BCUT2D eigenvalue weighted by Gasteiger charge is -2.18. The molecule has 1 atom stereocenters. The van der Waals surface area contributed by atoms with E-state index >= 15 is 0 Å². The Hall–Kier alpha value is -1.85. The Morgan fingerprint density at radius 3 is 0.676 bits per heavy atom. The summed E-state index contributed by atoms with van der Waals surface area (Å²) in [7, 11) is 0. The summed E-state index contributed by atoms with van der Waals surface area (Å²) in [6, 6.07) is 0. The Morgan fingerprint density at radius 2 is 0.446 bits per heavy atom. The number of carbonyl (C=O) groups is 3. The van der Waals surface area contributed by atoms with Crippen LogP contribution in [-0.4, -0.2) is 37.2 Å². The van der Waals surface area contributed by atoms with Gasteiger partial charge in [-0.05, 0) is 44.9 Å². The van der Waals surface area contributed by atoms with E-state index in [2.05, 4.69) is 32.9 Å². The minimum Gasteiger partial charge on any atom is -0.462 e. The molecule has 74 heavy (non-hydrogen) atoms. The zero-order chi connectivity index (χ0) is 53.6. The molecule has 0 aromatic rings. The first-order valence-corrected chi connectivity index (χ1v) is 33.7. The zero-order valence-electron chi connectivity index (χ0n) is 50.4. The third-order valence-electron chi connectivity index (χ3n) is 15.5. The molecule has 0 fully saturated rings. The van der Waals surface area contributed by atoms with Crippen LogP contribution in [0.15, 0.2) is 12.2 Å². The molecule has 0 rings (SSSR count). The Bertz CT molecular complexity index is 1150. The minimum absolute atomic E-state index is 0.0648. The van der Waals surface area contributed by atoms with E-state index in [1.54, 1.807) is 0 Å². The summed E-state index contributed by atoms with van der Waals surface area (Å²) < 4.78 is 16.9. The molecule has 0 amide bonds. The Labute approximate surface area is 462 Å². The van der Waals surface area contributed by atoms with E-state index < -0.39 is 6.10 Å². The van der Waals surface area contributed by atoms with Crippen molar-refractivity contribution in [2.75, 3.05) is 13.2 Å². The minimum atomic E-state index is -0.766. The Kier molecular flexibility index (Phi) is 62.1. The number of hydrogen-bond donors (Lipinski definition) is 0. The lowest BCUT2D eigenvalue weighted by atomic mass is 10.0.